The average Bonchev–Trinajstić information content (AvgIpc) is 3.18. The van der Waals surface area contributed by atoms with Crippen molar-refractivity contribution in [3.05, 3.63) is 58.9 Å². The van der Waals surface area contributed by atoms with E-state index in [-0.39, 0.29) is 5.97 Å². The Morgan fingerprint density at radius 2 is 2.07 bits per heavy atom. The molecule has 0 radical (unpaired) electrons. The molecule has 3 rings (SSSR count). The molecule has 0 amide bonds. The van der Waals surface area contributed by atoms with Gasteiger partial charge in [-0.2, -0.15) is 10.4 Å². The first kappa shape index (κ1) is 22.0. The molecule has 0 saturated carbocycles. The molecule has 6 heteroatoms. The Bertz CT molecular complexity index is 1080. The van der Waals surface area contributed by atoms with Crippen LogP contribution in [0.5, 0.6) is 0 Å². The molecule has 5 nitrogen and oxygen atoms in total. The van der Waals surface area contributed by atoms with E-state index < -0.39 is 0 Å². The molecule has 0 unspecified atom stereocenters. The Morgan fingerprint density at radius 3 is 2.77 bits per heavy atom. The second kappa shape index (κ2) is 10.4. The number of unbranched alkanes of at least 4 members (excludes halogenated alkanes) is 1. The molecule has 0 fully saturated rings. The fourth-order valence-electron chi connectivity index (χ4n) is 3.77. The van der Waals surface area contributed by atoms with Gasteiger partial charge >= 0.3 is 5.97 Å². The van der Waals surface area contributed by atoms with E-state index >= 15 is 0 Å². The standard InChI is InChI=1S/C24H26BrN3O2/c1-3-19-12-13-22-24(18-9-7-8-17(14-18)16-26)20(21(15-25)27-28(19)22)10-5-6-11-23(29)30-4-2/h7-9,12-14H,3-6,10-11,15H2,1-2H3. The van der Waals surface area contributed by atoms with Crippen molar-refractivity contribution in [2.45, 2.75) is 51.3 Å². The zero-order valence-corrected chi connectivity index (χ0v) is 19.0. The van der Waals surface area contributed by atoms with Gasteiger partial charge in [0.1, 0.15) is 0 Å². The predicted molar refractivity (Wildman–Crippen MR) is 122 cm³/mol. The van der Waals surface area contributed by atoms with Crippen molar-refractivity contribution in [3.63, 3.8) is 0 Å². The smallest absolute Gasteiger partial charge is 0.305 e. The van der Waals surface area contributed by atoms with Crippen molar-refractivity contribution in [2.24, 2.45) is 0 Å². The molecule has 3 aromatic rings. The third-order valence-electron chi connectivity index (χ3n) is 5.19. The van der Waals surface area contributed by atoms with Gasteiger partial charge in [0.25, 0.3) is 0 Å². The van der Waals surface area contributed by atoms with Crippen molar-refractivity contribution in [1.82, 2.24) is 9.61 Å². The number of nitrogens with zero attached hydrogens (tertiary/aromatic N) is 3. The Balaban J connectivity index is 2.05. The number of benzene rings is 1. The van der Waals surface area contributed by atoms with Crippen LogP contribution in [0.3, 0.4) is 0 Å². The van der Waals surface area contributed by atoms with Crippen LogP contribution in [-0.4, -0.2) is 22.2 Å². The van der Waals surface area contributed by atoms with E-state index in [0.717, 1.165) is 53.7 Å². The molecule has 0 aliphatic carbocycles. The molecule has 0 saturated heterocycles. The number of fused-ring (bicyclic) bond motifs is 1. The summed E-state index contributed by atoms with van der Waals surface area (Å²) in [5, 5.41) is 14.9. The fraction of sp³-hybridized carbons (Fsp3) is 0.375. The van der Waals surface area contributed by atoms with Gasteiger partial charge in [-0.25, -0.2) is 4.52 Å². The number of esters is 1. The molecule has 0 spiro atoms. The van der Waals surface area contributed by atoms with E-state index in [9.17, 15) is 10.1 Å². The van der Waals surface area contributed by atoms with Crippen LogP contribution >= 0.6 is 15.9 Å². The zero-order valence-electron chi connectivity index (χ0n) is 17.4. The molecule has 30 heavy (non-hydrogen) atoms. The minimum Gasteiger partial charge on any atom is -0.466 e. The molecule has 0 bridgehead atoms. The molecular formula is C24H26BrN3O2. The highest BCUT2D eigenvalue weighted by Crippen LogP contribution is 2.34. The minimum absolute atomic E-state index is 0.145. The highest BCUT2D eigenvalue weighted by molar-refractivity contribution is 9.08. The van der Waals surface area contributed by atoms with Crippen LogP contribution < -0.4 is 0 Å². The lowest BCUT2D eigenvalue weighted by Gasteiger charge is -2.17. The molecule has 2 aromatic heterocycles. The van der Waals surface area contributed by atoms with Gasteiger partial charge in [0, 0.05) is 23.0 Å². The van der Waals surface area contributed by atoms with Gasteiger partial charge in [-0.15, -0.1) is 0 Å². The summed E-state index contributed by atoms with van der Waals surface area (Å²) < 4.78 is 7.06. The van der Waals surface area contributed by atoms with E-state index in [1.54, 1.807) is 0 Å². The lowest BCUT2D eigenvalue weighted by atomic mass is 9.94. The number of aromatic nitrogens is 2. The molecule has 1 aromatic carbocycles. The van der Waals surface area contributed by atoms with Crippen LogP contribution in [-0.2, 0) is 27.7 Å². The lowest BCUT2D eigenvalue weighted by molar-refractivity contribution is -0.143. The van der Waals surface area contributed by atoms with Crippen LogP contribution in [0.25, 0.3) is 16.6 Å². The number of halogens is 1. The second-order valence-corrected chi connectivity index (χ2v) is 7.67. The molecule has 0 N–H and O–H groups in total. The maximum atomic E-state index is 11.7. The van der Waals surface area contributed by atoms with Gasteiger partial charge in [-0.3, -0.25) is 4.79 Å². The first-order valence-corrected chi connectivity index (χ1v) is 11.5. The Kier molecular flexibility index (Phi) is 7.64. The van der Waals surface area contributed by atoms with E-state index in [1.165, 1.54) is 5.56 Å². The monoisotopic (exact) mass is 467 g/mol. The van der Waals surface area contributed by atoms with Gasteiger partial charge in [0.05, 0.1) is 29.5 Å². The van der Waals surface area contributed by atoms with E-state index in [1.807, 2.05) is 29.6 Å². The van der Waals surface area contributed by atoms with Gasteiger partial charge in [-0.1, -0.05) is 35.0 Å². The van der Waals surface area contributed by atoms with Crippen molar-refractivity contribution >= 4 is 27.4 Å². The summed E-state index contributed by atoms with van der Waals surface area (Å²) in [6.45, 7) is 4.36. The van der Waals surface area contributed by atoms with Crippen LogP contribution in [0, 0.1) is 11.3 Å². The minimum atomic E-state index is -0.145. The SMILES string of the molecule is CCOC(=O)CCCCc1c(CBr)nn2c(CC)ccc2c1-c1cccc(C#N)c1. The quantitative estimate of drug-likeness (QED) is 0.233. The van der Waals surface area contributed by atoms with Crippen LogP contribution in [0.2, 0.25) is 0 Å². The topological polar surface area (TPSA) is 67.4 Å². The number of carbonyl (C=O) groups excluding carboxylic acids is 1. The Morgan fingerprint density at radius 1 is 1.23 bits per heavy atom. The molecule has 0 aliphatic heterocycles. The third kappa shape index (κ3) is 4.73. The summed E-state index contributed by atoms with van der Waals surface area (Å²) in [5.41, 5.74) is 7.13. The van der Waals surface area contributed by atoms with Gasteiger partial charge < -0.3 is 4.74 Å². The number of hydrogen-bond acceptors (Lipinski definition) is 4. The van der Waals surface area contributed by atoms with Gasteiger partial charge in [0.2, 0.25) is 0 Å². The van der Waals surface area contributed by atoms with Crippen molar-refractivity contribution in [2.75, 3.05) is 6.61 Å². The van der Waals surface area contributed by atoms with Crippen LogP contribution in [0.15, 0.2) is 36.4 Å². The highest BCUT2D eigenvalue weighted by Gasteiger charge is 2.18. The normalized spacial score (nSPS) is 10.9. The predicted octanol–water partition coefficient (Wildman–Crippen LogP) is 5.61. The van der Waals surface area contributed by atoms with Gasteiger partial charge in [-0.05, 0) is 68.0 Å². The van der Waals surface area contributed by atoms with Crippen LogP contribution in [0.4, 0.5) is 0 Å². The number of carbonyl (C=O) groups is 1. The number of ether oxygens (including phenoxy) is 1. The summed E-state index contributed by atoms with van der Waals surface area (Å²) in [6.07, 6.45) is 3.76. The van der Waals surface area contributed by atoms with Crippen molar-refractivity contribution in [3.8, 4) is 17.2 Å². The maximum absolute atomic E-state index is 11.7. The van der Waals surface area contributed by atoms with Crippen LogP contribution in [0.1, 0.15) is 55.6 Å². The second-order valence-electron chi connectivity index (χ2n) is 7.11. The summed E-state index contributed by atoms with van der Waals surface area (Å²) in [4.78, 5) is 11.7. The van der Waals surface area contributed by atoms with Crippen molar-refractivity contribution < 1.29 is 9.53 Å². The van der Waals surface area contributed by atoms with E-state index in [0.29, 0.717) is 23.9 Å². The third-order valence-corrected chi connectivity index (χ3v) is 5.72. The Hall–Kier alpha value is -2.65. The first-order valence-electron chi connectivity index (χ1n) is 10.4. The molecule has 0 aliphatic rings. The summed E-state index contributed by atoms with van der Waals surface area (Å²) >= 11 is 3.61. The number of aryl methyl sites for hydroxylation is 1. The first-order chi connectivity index (χ1) is 14.6. The number of alkyl halides is 1. The van der Waals surface area contributed by atoms with Crippen molar-refractivity contribution in [1.29, 1.82) is 5.26 Å². The zero-order chi connectivity index (χ0) is 21.5. The fourth-order valence-corrected chi connectivity index (χ4v) is 4.22. The van der Waals surface area contributed by atoms with E-state index in [4.69, 9.17) is 9.84 Å². The maximum Gasteiger partial charge on any atom is 0.305 e. The summed E-state index contributed by atoms with van der Waals surface area (Å²) in [7, 11) is 0. The molecule has 0 atom stereocenters. The number of hydrogen-bond donors (Lipinski definition) is 0. The van der Waals surface area contributed by atoms with E-state index in [2.05, 4.69) is 47.1 Å². The summed E-state index contributed by atoms with van der Waals surface area (Å²) in [5.74, 6) is -0.145. The lowest BCUT2D eigenvalue weighted by Crippen LogP contribution is -2.08. The Labute approximate surface area is 185 Å². The number of rotatable bonds is 9. The molecule has 156 valence electrons. The highest BCUT2D eigenvalue weighted by atomic mass is 79.9. The largest absolute Gasteiger partial charge is 0.466 e. The number of nitriles is 1. The van der Waals surface area contributed by atoms with Gasteiger partial charge in [0.15, 0.2) is 0 Å². The molecular weight excluding hydrogens is 442 g/mol. The summed E-state index contributed by atoms with van der Waals surface area (Å²) in [6, 6.07) is 14.2. The average molecular weight is 468 g/mol. The molecule has 2 heterocycles.